The first-order valence-corrected chi connectivity index (χ1v) is 11.0. The number of nitrogens with zero attached hydrogens (tertiary/aromatic N) is 1. The van der Waals surface area contributed by atoms with E-state index in [1.54, 1.807) is 0 Å². The van der Waals surface area contributed by atoms with Gasteiger partial charge in [-0.15, -0.1) is 0 Å². The predicted octanol–water partition coefficient (Wildman–Crippen LogP) is 8.26. The van der Waals surface area contributed by atoms with Crippen LogP contribution in [0.4, 0.5) is 0 Å². The third-order valence-electron chi connectivity index (χ3n) is 6.67. The number of rotatable bonds is 2. The number of hydrogen-bond donors (Lipinski definition) is 0. The molecule has 1 aliphatic carbocycles. The Bertz CT molecular complexity index is 1390. The summed E-state index contributed by atoms with van der Waals surface area (Å²) in [4.78, 5) is 4.70. The lowest BCUT2D eigenvalue weighted by Crippen LogP contribution is -2.04. The van der Waals surface area contributed by atoms with Crippen molar-refractivity contribution in [3.63, 3.8) is 0 Å². The minimum Gasteiger partial charge on any atom is -0.256 e. The van der Waals surface area contributed by atoms with Crippen LogP contribution in [0.25, 0.3) is 43.6 Å². The Balaban J connectivity index is 1.56. The molecular weight excluding hydrogens is 362 g/mol. The van der Waals surface area contributed by atoms with Crippen LogP contribution in [0.1, 0.15) is 44.9 Å². The van der Waals surface area contributed by atoms with Crippen molar-refractivity contribution < 1.29 is 1.37 Å². The van der Waals surface area contributed by atoms with Crippen molar-refractivity contribution >= 4 is 32.3 Å². The molecule has 0 aliphatic heterocycles. The van der Waals surface area contributed by atoms with Crippen LogP contribution < -0.4 is 0 Å². The highest BCUT2D eigenvalue weighted by atomic mass is 14.7. The first-order chi connectivity index (χ1) is 15.2. The minimum atomic E-state index is -0.463. The lowest BCUT2D eigenvalue weighted by atomic mass is 9.84. The van der Waals surface area contributed by atoms with Crippen LogP contribution in [0.5, 0.6) is 0 Å². The van der Waals surface area contributed by atoms with Gasteiger partial charge in [-0.2, -0.15) is 0 Å². The highest BCUT2D eigenvalue weighted by Gasteiger charge is 2.16. The van der Waals surface area contributed by atoms with E-state index in [9.17, 15) is 0 Å². The van der Waals surface area contributed by atoms with Crippen LogP contribution in [0.15, 0.2) is 85.1 Å². The SMILES string of the molecule is [2H]C1(c2ccnc(-c3ccc4c5ccccc5c5ccccc5c4c3)c2)CCCCC1. The van der Waals surface area contributed by atoms with Crippen LogP contribution in [-0.4, -0.2) is 4.98 Å². The van der Waals surface area contributed by atoms with E-state index < -0.39 is 5.89 Å². The van der Waals surface area contributed by atoms with Crippen molar-refractivity contribution in [3.05, 3.63) is 90.6 Å². The van der Waals surface area contributed by atoms with E-state index in [0.29, 0.717) is 0 Å². The van der Waals surface area contributed by atoms with Gasteiger partial charge in [0.05, 0.1) is 5.69 Å². The molecule has 1 aromatic heterocycles. The average Bonchev–Trinajstić information content (AvgIpc) is 2.84. The summed E-state index contributed by atoms with van der Waals surface area (Å²) in [5, 5.41) is 7.69. The first kappa shape index (κ1) is 16.6. The number of hydrogen-bond acceptors (Lipinski definition) is 1. The molecule has 1 nitrogen and oxygen atoms in total. The molecule has 0 spiro atoms. The molecule has 0 N–H and O–H groups in total. The summed E-state index contributed by atoms with van der Waals surface area (Å²) in [5.74, 6) is -0.463. The van der Waals surface area contributed by atoms with E-state index in [-0.39, 0.29) is 0 Å². The van der Waals surface area contributed by atoms with E-state index in [2.05, 4.69) is 72.8 Å². The zero-order chi connectivity index (χ0) is 20.8. The molecule has 6 rings (SSSR count). The van der Waals surface area contributed by atoms with Gasteiger partial charge in [-0.3, -0.25) is 4.98 Å². The van der Waals surface area contributed by atoms with Crippen LogP contribution >= 0.6 is 0 Å². The Morgan fingerprint density at radius 1 is 0.633 bits per heavy atom. The van der Waals surface area contributed by atoms with Crippen LogP contribution in [-0.2, 0) is 0 Å². The Kier molecular flexibility index (Phi) is 4.01. The van der Waals surface area contributed by atoms with Gasteiger partial charge in [-0.05, 0) is 74.8 Å². The van der Waals surface area contributed by atoms with Crippen molar-refractivity contribution in [2.75, 3.05) is 0 Å². The summed E-state index contributed by atoms with van der Waals surface area (Å²) >= 11 is 0. The fourth-order valence-electron chi connectivity index (χ4n) is 5.14. The van der Waals surface area contributed by atoms with Crippen molar-refractivity contribution in [2.45, 2.75) is 38.0 Å². The second-order valence-corrected chi connectivity index (χ2v) is 8.45. The summed E-state index contributed by atoms with van der Waals surface area (Å²) in [7, 11) is 0. The molecule has 1 aliphatic rings. The Morgan fingerprint density at radius 3 is 1.90 bits per heavy atom. The number of pyridine rings is 1. The summed E-state index contributed by atoms with van der Waals surface area (Å²) in [6.45, 7) is 0. The normalized spacial score (nSPS) is 16.7. The second kappa shape index (κ2) is 7.25. The number of benzene rings is 4. The van der Waals surface area contributed by atoms with Crippen molar-refractivity contribution in [1.82, 2.24) is 4.98 Å². The number of aromatic nitrogens is 1. The molecule has 1 heteroatoms. The average molecular weight is 389 g/mol. The summed E-state index contributed by atoms with van der Waals surface area (Å²) in [6.07, 6.45) is 7.34. The van der Waals surface area contributed by atoms with Gasteiger partial charge in [0.1, 0.15) is 0 Å². The van der Waals surface area contributed by atoms with Gasteiger partial charge >= 0.3 is 0 Å². The molecule has 4 aromatic carbocycles. The first-order valence-electron chi connectivity index (χ1n) is 11.5. The molecule has 0 unspecified atom stereocenters. The van der Waals surface area contributed by atoms with E-state index >= 15 is 0 Å². The fourth-order valence-corrected chi connectivity index (χ4v) is 5.14. The molecule has 146 valence electrons. The van der Waals surface area contributed by atoms with Gasteiger partial charge in [0, 0.05) is 13.1 Å². The van der Waals surface area contributed by atoms with Crippen LogP contribution in [0.3, 0.4) is 0 Å². The standard InChI is InChI=1S/C29H25N/c1-2-8-20(9-3-1)21-16-17-30-29(19-21)22-14-15-27-25-12-5-4-10-23(25)24-11-6-7-13-26(24)28(27)18-22/h4-7,10-20H,1-3,8-9H2/i20D. The highest BCUT2D eigenvalue weighted by molar-refractivity contribution is 6.25. The lowest BCUT2D eigenvalue weighted by Gasteiger charge is -2.22. The molecule has 0 saturated heterocycles. The molecule has 1 fully saturated rings. The van der Waals surface area contributed by atoms with E-state index in [1.165, 1.54) is 38.7 Å². The quantitative estimate of drug-likeness (QED) is 0.277. The summed E-state index contributed by atoms with van der Waals surface area (Å²) in [6, 6.07) is 28.3. The molecule has 1 saturated carbocycles. The zero-order valence-electron chi connectivity index (χ0n) is 18.1. The third-order valence-corrected chi connectivity index (χ3v) is 6.67. The third kappa shape index (κ3) is 2.89. The highest BCUT2D eigenvalue weighted by Crippen LogP contribution is 2.38. The predicted molar refractivity (Wildman–Crippen MR) is 128 cm³/mol. The largest absolute Gasteiger partial charge is 0.256 e. The van der Waals surface area contributed by atoms with Gasteiger partial charge in [-0.25, -0.2) is 0 Å². The van der Waals surface area contributed by atoms with Crippen LogP contribution in [0, 0.1) is 0 Å². The molecule has 1 heterocycles. The molecule has 30 heavy (non-hydrogen) atoms. The molecule has 0 atom stereocenters. The summed E-state index contributed by atoms with van der Waals surface area (Å²) < 4.78 is 9.02. The van der Waals surface area contributed by atoms with E-state index in [1.807, 2.05) is 12.3 Å². The Morgan fingerprint density at radius 2 is 1.23 bits per heavy atom. The van der Waals surface area contributed by atoms with Crippen molar-refractivity contribution in [1.29, 1.82) is 0 Å². The fraction of sp³-hybridized carbons (Fsp3) is 0.207. The van der Waals surface area contributed by atoms with Gasteiger partial charge in [-0.1, -0.05) is 79.9 Å². The van der Waals surface area contributed by atoms with Crippen molar-refractivity contribution in [2.24, 2.45) is 0 Å². The van der Waals surface area contributed by atoms with Gasteiger partial charge in [0.25, 0.3) is 0 Å². The molecular formula is C29H25N. The van der Waals surface area contributed by atoms with Gasteiger partial charge in [0.2, 0.25) is 0 Å². The monoisotopic (exact) mass is 388 g/mol. The maximum Gasteiger partial charge on any atom is 0.0705 e. The molecule has 5 aromatic rings. The topological polar surface area (TPSA) is 12.9 Å². The summed E-state index contributed by atoms with van der Waals surface area (Å²) in [5.41, 5.74) is 3.20. The maximum absolute atomic E-state index is 9.02. The maximum atomic E-state index is 9.02. The number of fused-ring (bicyclic) bond motifs is 6. The van der Waals surface area contributed by atoms with E-state index in [4.69, 9.17) is 6.35 Å². The molecule has 0 radical (unpaired) electrons. The molecule has 0 bridgehead atoms. The van der Waals surface area contributed by atoms with E-state index in [0.717, 1.165) is 42.5 Å². The smallest absolute Gasteiger partial charge is 0.0705 e. The van der Waals surface area contributed by atoms with Gasteiger partial charge < -0.3 is 0 Å². The van der Waals surface area contributed by atoms with Crippen molar-refractivity contribution in [3.8, 4) is 11.3 Å². The molecule has 0 amide bonds. The minimum absolute atomic E-state index is 0.463. The lowest BCUT2D eigenvalue weighted by molar-refractivity contribution is 0.443. The van der Waals surface area contributed by atoms with Gasteiger partial charge in [0.15, 0.2) is 0 Å². The Hall–Kier alpha value is -3.19. The Labute approximate surface area is 178 Å². The zero-order valence-corrected chi connectivity index (χ0v) is 17.1. The van der Waals surface area contributed by atoms with Crippen LogP contribution in [0.2, 0.25) is 0 Å². The second-order valence-electron chi connectivity index (χ2n) is 8.45.